The standard InChI is InChI=1S/C22H27N3O4/c1-15-4-6-18(7-5-15)29-14-20(26)23-19-12-17(13-24(3)22(19)28)21(27)25-10-8-16(2)9-11-25/h4-7,12-13,16H,8-11,14H2,1-3H3,(H,23,26). The molecule has 3 rings (SSSR count). The first-order valence-electron chi connectivity index (χ1n) is 9.83. The molecule has 0 bridgehead atoms. The van der Waals surface area contributed by atoms with Gasteiger partial charge in [-0.2, -0.15) is 0 Å². The number of carbonyl (C=O) groups is 2. The van der Waals surface area contributed by atoms with Crippen molar-refractivity contribution in [2.24, 2.45) is 13.0 Å². The predicted molar refractivity (Wildman–Crippen MR) is 111 cm³/mol. The number of amides is 2. The summed E-state index contributed by atoms with van der Waals surface area (Å²) in [7, 11) is 1.57. The molecule has 0 spiro atoms. The molecule has 2 amide bonds. The van der Waals surface area contributed by atoms with Crippen molar-refractivity contribution in [2.45, 2.75) is 26.7 Å². The number of ether oxygens (including phenoxy) is 1. The van der Waals surface area contributed by atoms with E-state index in [1.54, 1.807) is 24.1 Å². The largest absolute Gasteiger partial charge is 0.484 e. The van der Waals surface area contributed by atoms with Crippen LogP contribution in [0.15, 0.2) is 41.3 Å². The van der Waals surface area contributed by atoms with Crippen LogP contribution in [0, 0.1) is 12.8 Å². The van der Waals surface area contributed by atoms with Crippen LogP contribution in [0.2, 0.25) is 0 Å². The second kappa shape index (κ2) is 8.94. The van der Waals surface area contributed by atoms with E-state index in [1.807, 2.05) is 19.1 Å². The fourth-order valence-electron chi connectivity index (χ4n) is 3.28. The van der Waals surface area contributed by atoms with E-state index in [2.05, 4.69) is 12.2 Å². The molecule has 1 N–H and O–H groups in total. The Morgan fingerprint density at radius 3 is 2.48 bits per heavy atom. The van der Waals surface area contributed by atoms with Gasteiger partial charge in [0, 0.05) is 26.3 Å². The Kier molecular flexibility index (Phi) is 6.36. The van der Waals surface area contributed by atoms with Gasteiger partial charge in [0.15, 0.2) is 6.61 Å². The van der Waals surface area contributed by atoms with Gasteiger partial charge in [-0.05, 0) is 43.9 Å². The van der Waals surface area contributed by atoms with Crippen LogP contribution < -0.4 is 15.6 Å². The first-order valence-corrected chi connectivity index (χ1v) is 9.83. The summed E-state index contributed by atoms with van der Waals surface area (Å²) in [6.45, 7) is 5.32. The number of anilines is 1. The lowest BCUT2D eigenvalue weighted by atomic mass is 9.99. The van der Waals surface area contributed by atoms with E-state index in [9.17, 15) is 14.4 Å². The molecule has 0 atom stereocenters. The number of aromatic nitrogens is 1. The van der Waals surface area contributed by atoms with Crippen molar-refractivity contribution >= 4 is 17.5 Å². The Morgan fingerprint density at radius 2 is 1.83 bits per heavy atom. The molecule has 0 saturated carbocycles. The molecule has 29 heavy (non-hydrogen) atoms. The van der Waals surface area contributed by atoms with E-state index < -0.39 is 5.91 Å². The minimum Gasteiger partial charge on any atom is -0.484 e. The number of pyridine rings is 1. The van der Waals surface area contributed by atoms with E-state index >= 15 is 0 Å². The summed E-state index contributed by atoms with van der Waals surface area (Å²) in [5.41, 5.74) is 1.17. The van der Waals surface area contributed by atoms with Crippen molar-refractivity contribution in [1.82, 2.24) is 9.47 Å². The van der Waals surface area contributed by atoms with Crippen molar-refractivity contribution < 1.29 is 14.3 Å². The lowest BCUT2D eigenvalue weighted by Gasteiger charge is -2.30. The van der Waals surface area contributed by atoms with Crippen LogP contribution in [0.5, 0.6) is 5.75 Å². The van der Waals surface area contributed by atoms with Crippen LogP contribution in [0.25, 0.3) is 0 Å². The number of aryl methyl sites for hydroxylation is 2. The third kappa shape index (κ3) is 5.25. The number of nitrogens with zero attached hydrogens (tertiary/aromatic N) is 2. The Morgan fingerprint density at radius 1 is 1.17 bits per heavy atom. The van der Waals surface area contributed by atoms with Crippen molar-refractivity contribution in [3.8, 4) is 5.75 Å². The highest BCUT2D eigenvalue weighted by molar-refractivity contribution is 5.97. The van der Waals surface area contributed by atoms with E-state index in [0.717, 1.165) is 18.4 Å². The molecule has 1 aliphatic rings. The molecule has 0 aliphatic carbocycles. The van der Waals surface area contributed by atoms with Crippen molar-refractivity contribution in [2.75, 3.05) is 25.0 Å². The van der Waals surface area contributed by atoms with Crippen LogP contribution in [-0.2, 0) is 11.8 Å². The van der Waals surface area contributed by atoms with E-state index in [0.29, 0.717) is 30.3 Å². The van der Waals surface area contributed by atoms with Crippen molar-refractivity contribution in [1.29, 1.82) is 0 Å². The monoisotopic (exact) mass is 397 g/mol. The lowest BCUT2D eigenvalue weighted by molar-refractivity contribution is -0.118. The molecular weight excluding hydrogens is 370 g/mol. The lowest BCUT2D eigenvalue weighted by Crippen LogP contribution is -2.38. The van der Waals surface area contributed by atoms with Gasteiger partial charge < -0.3 is 19.5 Å². The third-order valence-electron chi connectivity index (χ3n) is 5.17. The first-order chi connectivity index (χ1) is 13.8. The topological polar surface area (TPSA) is 80.6 Å². The quantitative estimate of drug-likeness (QED) is 0.841. The summed E-state index contributed by atoms with van der Waals surface area (Å²) >= 11 is 0. The van der Waals surface area contributed by atoms with Gasteiger partial charge in [0.05, 0.1) is 5.56 Å². The Hall–Kier alpha value is -3.09. The highest BCUT2D eigenvalue weighted by Gasteiger charge is 2.23. The van der Waals surface area contributed by atoms with Gasteiger partial charge in [-0.1, -0.05) is 24.6 Å². The maximum absolute atomic E-state index is 12.8. The highest BCUT2D eigenvalue weighted by atomic mass is 16.5. The molecule has 7 heteroatoms. The van der Waals surface area contributed by atoms with Crippen LogP contribution >= 0.6 is 0 Å². The molecule has 1 aliphatic heterocycles. The van der Waals surface area contributed by atoms with E-state index in [4.69, 9.17) is 4.74 Å². The summed E-state index contributed by atoms with van der Waals surface area (Å²) < 4.78 is 6.77. The fourth-order valence-corrected chi connectivity index (χ4v) is 3.28. The smallest absolute Gasteiger partial charge is 0.274 e. The molecule has 2 heterocycles. The Balaban J connectivity index is 1.68. The molecule has 0 radical (unpaired) electrons. The zero-order valence-corrected chi connectivity index (χ0v) is 17.1. The van der Waals surface area contributed by atoms with Gasteiger partial charge in [-0.3, -0.25) is 14.4 Å². The molecule has 1 aromatic carbocycles. The number of benzene rings is 1. The number of nitrogens with one attached hydrogen (secondary N) is 1. The molecule has 1 aromatic heterocycles. The summed E-state index contributed by atoms with van der Waals surface area (Å²) in [5, 5.41) is 2.57. The van der Waals surface area contributed by atoms with Gasteiger partial charge in [-0.15, -0.1) is 0 Å². The molecule has 1 fully saturated rings. The predicted octanol–water partition coefficient (Wildman–Crippen LogP) is 2.58. The summed E-state index contributed by atoms with van der Waals surface area (Å²) in [5.74, 6) is 0.599. The second-order valence-electron chi connectivity index (χ2n) is 7.68. The van der Waals surface area contributed by atoms with Gasteiger partial charge in [-0.25, -0.2) is 0 Å². The van der Waals surface area contributed by atoms with Crippen LogP contribution in [0.4, 0.5) is 5.69 Å². The third-order valence-corrected chi connectivity index (χ3v) is 5.17. The van der Waals surface area contributed by atoms with Gasteiger partial charge in [0.1, 0.15) is 11.4 Å². The summed E-state index contributed by atoms with van der Waals surface area (Å²) in [6, 6.07) is 8.78. The molecular formula is C22H27N3O4. The number of hydrogen-bond donors (Lipinski definition) is 1. The average molecular weight is 397 g/mol. The number of rotatable bonds is 5. The van der Waals surface area contributed by atoms with Gasteiger partial charge in [0.2, 0.25) is 0 Å². The zero-order valence-electron chi connectivity index (χ0n) is 17.1. The summed E-state index contributed by atoms with van der Waals surface area (Å²) in [6.07, 6.45) is 3.45. The van der Waals surface area contributed by atoms with Crippen molar-refractivity contribution in [3.05, 3.63) is 58.0 Å². The molecule has 7 nitrogen and oxygen atoms in total. The number of likely N-dealkylation sites (tertiary alicyclic amines) is 1. The average Bonchev–Trinajstić information content (AvgIpc) is 2.71. The number of piperidine rings is 1. The maximum Gasteiger partial charge on any atom is 0.274 e. The van der Waals surface area contributed by atoms with Gasteiger partial charge in [0.25, 0.3) is 17.4 Å². The summed E-state index contributed by atoms with van der Waals surface area (Å²) in [4.78, 5) is 39.3. The minimum absolute atomic E-state index is 0.0706. The molecule has 1 saturated heterocycles. The molecule has 0 unspecified atom stereocenters. The number of hydrogen-bond acceptors (Lipinski definition) is 4. The molecule has 2 aromatic rings. The van der Waals surface area contributed by atoms with E-state index in [-0.39, 0.29) is 23.8 Å². The number of carbonyl (C=O) groups excluding carboxylic acids is 2. The van der Waals surface area contributed by atoms with E-state index in [1.165, 1.54) is 16.8 Å². The second-order valence-corrected chi connectivity index (χ2v) is 7.68. The Bertz CT molecular complexity index is 942. The Labute approximate surface area is 170 Å². The molecule has 154 valence electrons. The van der Waals surface area contributed by atoms with Crippen LogP contribution in [-0.4, -0.2) is 41.0 Å². The highest BCUT2D eigenvalue weighted by Crippen LogP contribution is 2.19. The SMILES string of the molecule is Cc1ccc(OCC(=O)Nc2cc(C(=O)N3CCC(C)CC3)cn(C)c2=O)cc1. The normalized spacial score (nSPS) is 14.5. The van der Waals surface area contributed by atoms with Gasteiger partial charge >= 0.3 is 0 Å². The minimum atomic E-state index is -0.459. The maximum atomic E-state index is 12.8. The van der Waals surface area contributed by atoms with Crippen LogP contribution in [0.3, 0.4) is 0 Å². The van der Waals surface area contributed by atoms with Crippen molar-refractivity contribution in [3.63, 3.8) is 0 Å². The zero-order chi connectivity index (χ0) is 21.0. The first kappa shape index (κ1) is 20.6. The van der Waals surface area contributed by atoms with Crippen LogP contribution in [0.1, 0.15) is 35.7 Å². The fraction of sp³-hybridized carbons (Fsp3) is 0.409.